The van der Waals surface area contributed by atoms with Crippen LogP contribution < -0.4 is 16.4 Å². The smallest absolute Gasteiger partial charge is 0.478 e. The number of unbranched alkanes of at least 4 members (excludes halogenated alkanes) is 3. The second kappa shape index (κ2) is 24.7. The molecule has 26 nitrogen and oxygen atoms in total. The van der Waals surface area contributed by atoms with Crippen LogP contribution in [0.1, 0.15) is 65.0 Å². The normalized spacial score (nSPS) is 20.8. The molecule has 2 aromatic rings. The number of hydrogen-bond acceptors (Lipinski definition) is 19. The molecule has 1 aliphatic rings. The topological polar surface area (TPSA) is 401 Å². The number of hydrogen-bond donors (Lipinski definition) is 10. The highest BCUT2D eigenvalue weighted by Gasteiger charge is 2.50. The van der Waals surface area contributed by atoms with Crippen molar-refractivity contribution in [1.82, 2.24) is 30.2 Å². The number of fused-ring (bicyclic) bond motifs is 1. The van der Waals surface area contributed by atoms with E-state index in [1.807, 2.05) is 12.2 Å². The van der Waals surface area contributed by atoms with Crippen LogP contribution in [0, 0.1) is 5.41 Å². The molecule has 3 rings (SSSR count). The van der Waals surface area contributed by atoms with Crippen LogP contribution in [-0.2, 0) is 55.5 Å². The van der Waals surface area contributed by atoms with Crippen molar-refractivity contribution in [2.45, 2.75) is 89.4 Å². The molecular formula is C33H52N7O19P3S. The van der Waals surface area contributed by atoms with Gasteiger partial charge in [-0.2, -0.15) is 4.31 Å². The standard InChI is InChI=1S/C33H52N7O19P3S/c1-33(2,28(46)31(47)36-14-13-22(41)35-15-16-63-24(44)12-10-8-6-4-3-5-7-9-11-23(42)43)18-56-62(53,54)59-61(51,52)55-17-21-27(58-60(48,49)50)26(45)32(57-21)40-20-39-25-29(34)37-19-38-30(25)40/h3,5,9,11,19-21,26-28,32,45-46H,4,6-8,10,12-18H2,1-2H3,(H,35,41)(H,36,47)(H,42,43)(H,51,52)(H,53,54)(H2,34,37,38)(H2,48,49,50)/b5-3+,11-9+. The Kier molecular flexibility index (Phi) is 21.1. The first-order valence-electron chi connectivity index (χ1n) is 19.0. The summed E-state index contributed by atoms with van der Waals surface area (Å²) in [5.74, 6) is -2.15. The number of carboxylic acids is 1. The number of nitrogen functional groups attached to an aromatic ring is 1. The molecule has 1 saturated heterocycles. The number of nitrogens with zero attached hydrogens (tertiary/aromatic N) is 4. The van der Waals surface area contributed by atoms with Gasteiger partial charge in [0.2, 0.25) is 11.8 Å². The van der Waals surface area contributed by atoms with Crippen molar-refractivity contribution in [2.24, 2.45) is 5.41 Å². The first-order chi connectivity index (χ1) is 29.4. The number of aliphatic carboxylic acids is 1. The minimum atomic E-state index is -5.59. The summed E-state index contributed by atoms with van der Waals surface area (Å²) in [7, 11) is -16.4. The van der Waals surface area contributed by atoms with Crippen molar-refractivity contribution >= 4 is 75.1 Å². The Balaban J connectivity index is 1.37. The van der Waals surface area contributed by atoms with Crippen LogP contribution in [-0.4, -0.2) is 134 Å². The fourth-order valence-electron chi connectivity index (χ4n) is 5.54. The molecule has 0 aliphatic carbocycles. The number of aliphatic hydroxyl groups is 2. The summed E-state index contributed by atoms with van der Waals surface area (Å²) in [6, 6.07) is 0. The maximum absolute atomic E-state index is 12.7. The Morgan fingerprint density at radius 3 is 2.40 bits per heavy atom. The number of phosphoric acid groups is 3. The molecule has 2 amide bonds. The van der Waals surface area contributed by atoms with Gasteiger partial charge >= 0.3 is 29.4 Å². The van der Waals surface area contributed by atoms with E-state index in [0.29, 0.717) is 25.0 Å². The number of aromatic nitrogens is 4. The summed E-state index contributed by atoms with van der Waals surface area (Å²) in [5, 5.41) is 35.0. The van der Waals surface area contributed by atoms with Gasteiger partial charge in [0.05, 0.1) is 19.5 Å². The Morgan fingerprint density at radius 2 is 1.70 bits per heavy atom. The van der Waals surface area contributed by atoms with Crippen LogP contribution in [0.5, 0.6) is 0 Å². The number of carboxylic acid groups (broad SMARTS) is 1. The summed E-state index contributed by atoms with van der Waals surface area (Å²) in [6.07, 6.45) is 3.65. The number of thioether (sulfide) groups is 1. The van der Waals surface area contributed by atoms with Crippen LogP contribution in [0.2, 0.25) is 0 Å². The molecule has 1 fully saturated rings. The summed E-state index contributed by atoms with van der Waals surface area (Å²) >= 11 is 1.08. The molecule has 7 unspecified atom stereocenters. The Labute approximate surface area is 364 Å². The highest BCUT2D eigenvalue weighted by molar-refractivity contribution is 8.13. The highest BCUT2D eigenvalue weighted by Crippen LogP contribution is 2.61. The summed E-state index contributed by atoms with van der Waals surface area (Å²) in [6.45, 7) is 0.420. The van der Waals surface area contributed by atoms with Crippen molar-refractivity contribution in [3.8, 4) is 0 Å². The zero-order valence-electron chi connectivity index (χ0n) is 34.0. The lowest BCUT2D eigenvalue weighted by Crippen LogP contribution is -2.46. The van der Waals surface area contributed by atoms with Gasteiger partial charge in [0.25, 0.3) is 0 Å². The molecule has 0 aromatic carbocycles. The predicted molar refractivity (Wildman–Crippen MR) is 221 cm³/mol. The number of nitrogens with two attached hydrogens (primary N) is 1. The maximum Gasteiger partial charge on any atom is 0.481 e. The third-order valence-corrected chi connectivity index (χ3v) is 12.7. The van der Waals surface area contributed by atoms with Crippen molar-refractivity contribution in [3.63, 3.8) is 0 Å². The number of phosphoric ester groups is 3. The average Bonchev–Trinajstić information content (AvgIpc) is 3.75. The first kappa shape index (κ1) is 53.8. The number of carbonyl (C=O) groups is 4. The van der Waals surface area contributed by atoms with Gasteiger partial charge in [0, 0.05) is 43.2 Å². The van der Waals surface area contributed by atoms with Crippen LogP contribution in [0.4, 0.5) is 5.82 Å². The third-order valence-electron chi connectivity index (χ3n) is 8.72. The van der Waals surface area contributed by atoms with E-state index in [2.05, 4.69) is 34.4 Å². The minimum Gasteiger partial charge on any atom is -0.478 e. The predicted octanol–water partition coefficient (Wildman–Crippen LogP) is 1.20. The fraction of sp³-hybridized carbons (Fsp3) is 0.606. The zero-order valence-corrected chi connectivity index (χ0v) is 37.5. The van der Waals surface area contributed by atoms with E-state index in [4.69, 9.17) is 24.6 Å². The van der Waals surface area contributed by atoms with E-state index < -0.39 is 90.5 Å². The molecule has 2 aromatic heterocycles. The van der Waals surface area contributed by atoms with Crippen LogP contribution >= 0.6 is 35.2 Å². The minimum absolute atomic E-state index is 0.0180. The van der Waals surface area contributed by atoms with E-state index in [1.54, 1.807) is 6.08 Å². The number of anilines is 1. The van der Waals surface area contributed by atoms with Gasteiger partial charge in [0.15, 0.2) is 22.8 Å². The lowest BCUT2D eigenvalue weighted by atomic mass is 9.87. The lowest BCUT2D eigenvalue weighted by molar-refractivity contribution is -0.137. The second-order valence-electron chi connectivity index (χ2n) is 14.3. The van der Waals surface area contributed by atoms with Crippen LogP contribution in [0.25, 0.3) is 11.2 Å². The quantitative estimate of drug-likeness (QED) is 0.0248. The molecule has 3 heterocycles. The largest absolute Gasteiger partial charge is 0.481 e. The van der Waals surface area contributed by atoms with Gasteiger partial charge in [-0.15, -0.1) is 0 Å². The number of imidazole rings is 1. The Hall–Kier alpha value is -3.49. The molecule has 0 radical (unpaired) electrons. The molecule has 63 heavy (non-hydrogen) atoms. The van der Waals surface area contributed by atoms with Gasteiger partial charge in [-0.1, -0.05) is 50.3 Å². The maximum atomic E-state index is 12.7. The zero-order chi connectivity index (χ0) is 47.0. The number of allylic oxidation sites excluding steroid dienone is 3. The third kappa shape index (κ3) is 18.9. The summed E-state index contributed by atoms with van der Waals surface area (Å²) in [4.78, 5) is 98.4. The molecule has 30 heteroatoms. The van der Waals surface area contributed by atoms with Crippen molar-refractivity contribution in [3.05, 3.63) is 37.0 Å². The van der Waals surface area contributed by atoms with Crippen molar-refractivity contribution in [2.75, 3.05) is 37.8 Å². The number of rotatable bonds is 28. The Bertz CT molecular complexity index is 2090. The van der Waals surface area contributed by atoms with E-state index in [0.717, 1.165) is 54.3 Å². The highest BCUT2D eigenvalue weighted by atomic mass is 32.2. The Morgan fingerprint density at radius 1 is 0.984 bits per heavy atom. The molecular weight excluding hydrogens is 923 g/mol. The van der Waals surface area contributed by atoms with E-state index in [1.165, 1.54) is 13.8 Å². The van der Waals surface area contributed by atoms with Gasteiger partial charge in [-0.25, -0.2) is 33.4 Å². The number of nitrogens with one attached hydrogen (secondary N) is 2. The average molecular weight is 976 g/mol. The lowest BCUT2D eigenvalue weighted by Gasteiger charge is -2.30. The summed E-state index contributed by atoms with van der Waals surface area (Å²) in [5.41, 5.74) is 4.24. The summed E-state index contributed by atoms with van der Waals surface area (Å²) < 4.78 is 62.2. The van der Waals surface area contributed by atoms with Gasteiger partial charge in [-0.3, -0.25) is 32.5 Å². The van der Waals surface area contributed by atoms with Gasteiger partial charge in [0.1, 0.15) is 36.3 Å². The van der Waals surface area contributed by atoms with Crippen LogP contribution in [0.15, 0.2) is 37.0 Å². The van der Waals surface area contributed by atoms with E-state index in [-0.39, 0.29) is 41.6 Å². The fourth-order valence-corrected chi connectivity index (χ4v) is 9.09. The van der Waals surface area contributed by atoms with E-state index >= 15 is 0 Å². The van der Waals surface area contributed by atoms with Crippen molar-refractivity contribution in [1.29, 1.82) is 0 Å². The second-order valence-corrected chi connectivity index (χ2v) is 19.7. The van der Waals surface area contributed by atoms with E-state index in [9.17, 15) is 62.7 Å². The molecule has 0 spiro atoms. The molecule has 1 aliphatic heterocycles. The molecule has 7 atom stereocenters. The molecule has 354 valence electrons. The number of aliphatic hydroxyl groups excluding tert-OH is 2. The first-order valence-corrected chi connectivity index (χ1v) is 24.5. The van der Waals surface area contributed by atoms with Crippen LogP contribution in [0.3, 0.4) is 0 Å². The van der Waals surface area contributed by atoms with Gasteiger partial charge in [-0.05, 0) is 25.7 Å². The van der Waals surface area contributed by atoms with Crippen molar-refractivity contribution < 1.29 is 90.4 Å². The molecule has 0 saturated carbocycles. The number of carbonyl (C=O) groups excluding carboxylic acids is 3. The molecule has 0 bridgehead atoms. The number of ether oxygens (including phenoxy) is 1. The monoisotopic (exact) mass is 975 g/mol. The SMILES string of the molecule is CC(C)(COP(=O)(O)OP(=O)(O)OCC1OC(n2cnc3c(N)ncnc32)C(O)C1OP(=O)(O)O)C(O)C(=O)NCCC(=O)NCCSC(=O)CCCCC/C=C/C/C=C/C(=O)O. The van der Waals surface area contributed by atoms with Gasteiger partial charge < -0.3 is 56.0 Å². The molecule has 11 N–H and O–H groups in total. The number of amides is 2.